The number of nitriles is 3. The van der Waals surface area contributed by atoms with Crippen LogP contribution in [0.5, 0.6) is 0 Å². The Balaban J connectivity index is 1.39. The van der Waals surface area contributed by atoms with Crippen molar-refractivity contribution in [3.8, 4) is 91.7 Å². The van der Waals surface area contributed by atoms with Gasteiger partial charge >= 0.3 is 0 Å². The summed E-state index contributed by atoms with van der Waals surface area (Å²) in [5, 5.41) is 33.0. The largest absolute Gasteiger partial charge is 0.308 e. The van der Waals surface area contributed by atoms with Gasteiger partial charge in [-0.2, -0.15) is 15.8 Å². The number of hydrogen-bond donors (Lipinski definition) is 0. The molecule has 0 aliphatic carbocycles. The van der Waals surface area contributed by atoms with E-state index in [1.165, 1.54) is 0 Å². The minimum atomic E-state index is 0.342. The van der Waals surface area contributed by atoms with Gasteiger partial charge in [0.05, 0.1) is 74.4 Å². The van der Waals surface area contributed by atoms with Gasteiger partial charge in [-0.25, -0.2) is 19.9 Å². The molecule has 0 aliphatic heterocycles. The maximum absolute atomic E-state index is 10.8. The lowest BCUT2D eigenvalue weighted by Gasteiger charge is -2.20. The second-order valence-corrected chi connectivity index (χ2v) is 14.4. The molecule has 0 unspecified atom stereocenters. The van der Waals surface area contributed by atoms with Gasteiger partial charge < -0.3 is 4.57 Å². The van der Waals surface area contributed by atoms with Crippen LogP contribution in [0.4, 0.5) is 0 Å². The molecule has 282 valence electrons. The van der Waals surface area contributed by atoms with E-state index in [0.717, 1.165) is 33.0 Å². The van der Waals surface area contributed by atoms with Gasteiger partial charge in [0.25, 0.3) is 0 Å². The summed E-state index contributed by atoms with van der Waals surface area (Å²) < 4.78 is 2.04. The van der Waals surface area contributed by atoms with Crippen LogP contribution in [0.15, 0.2) is 182 Å². The first kappa shape index (κ1) is 36.3. The predicted molar refractivity (Wildman–Crippen MR) is 239 cm³/mol. The fourth-order valence-corrected chi connectivity index (χ4v) is 7.84. The molecule has 0 atom stereocenters. The number of fused-ring (bicyclic) bond motifs is 3. The zero-order valence-electron chi connectivity index (χ0n) is 32.4. The van der Waals surface area contributed by atoms with Crippen molar-refractivity contribution in [1.29, 1.82) is 15.8 Å². The highest BCUT2D eigenvalue weighted by Gasteiger charge is 2.26. The van der Waals surface area contributed by atoms with E-state index in [0.29, 0.717) is 79.0 Å². The number of nitrogens with zero attached hydrogens (tertiary/aromatic N) is 8. The first-order valence-corrected chi connectivity index (χ1v) is 19.6. The summed E-state index contributed by atoms with van der Waals surface area (Å²) in [5.41, 5.74) is 10.6. The molecule has 3 heterocycles. The molecule has 61 heavy (non-hydrogen) atoms. The lowest BCUT2D eigenvalue weighted by molar-refractivity contribution is 1.12. The molecule has 0 amide bonds. The zero-order valence-corrected chi connectivity index (χ0v) is 32.4. The summed E-state index contributed by atoms with van der Waals surface area (Å²) in [6, 6.07) is 65.4. The van der Waals surface area contributed by atoms with Crippen LogP contribution in [0.3, 0.4) is 0 Å². The molecule has 10 aromatic rings. The minimum Gasteiger partial charge on any atom is -0.308 e. The molecule has 10 rings (SSSR count). The second-order valence-electron chi connectivity index (χ2n) is 14.4. The molecule has 8 heteroatoms. The summed E-state index contributed by atoms with van der Waals surface area (Å²) in [6.07, 6.45) is 0. The van der Waals surface area contributed by atoms with Crippen LogP contribution >= 0.6 is 0 Å². The van der Waals surface area contributed by atoms with E-state index in [1.54, 1.807) is 24.3 Å². The minimum absolute atomic E-state index is 0.342. The standard InChI is InChI=1S/C53H30N8/c54-31-34-21-23-41-42-24-22-35(32-55)28-50(42)61(49(41)27-34)51-43(52-57-45(37-13-5-1-6-14-37)29-46(58-52)38-15-7-2-8-16-38)25-36(33-56)26-44(51)53-59-47(39-17-9-3-10-18-39)30-48(60-53)40-19-11-4-12-20-40/h1-30H. The van der Waals surface area contributed by atoms with Gasteiger partial charge in [-0.05, 0) is 48.5 Å². The summed E-state index contributed by atoms with van der Waals surface area (Å²) in [4.78, 5) is 21.0. The molecule has 0 N–H and O–H groups in total. The quantitative estimate of drug-likeness (QED) is 0.157. The Bertz CT molecular complexity index is 3100. The summed E-state index contributed by atoms with van der Waals surface area (Å²) >= 11 is 0. The SMILES string of the molecule is N#Cc1cc(-c2nc(-c3ccccc3)cc(-c3ccccc3)n2)c(-n2c3cc(C#N)ccc3c3ccc(C#N)cc32)c(-c2nc(-c3ccccc3)cc(-c3ccccc3)n2)c1. The fraction of sp³-hybridized carbons (Fsp3) is 0. The van der Waals surface area contributed by atoms with Gasteiger partial charge in [0.1, 0.15) is 0 Å². The molecule has 3 aromatic heterocycles. The molecular formula is C53H30N8. The normalized spacial score (nSPS) is 10.9. The Labute approximate surface area is 351 Å². The van der Waals surface area contributed by atoms with Crippen LogP contribution in [0.2, 0.25) is 0 Å². The number of rotatable bonds is 7. The van der Waals surface area contributed by atoms with Gasteiger partial charge in [0, 0.05) is 44.2 Å². The molecule has 0 aliphatic rings. The average molecular weight is 779 g/mol. The fourth-order valence-electron chi connectivity index (χ4n) is 7.84. The Kier molecular flexibility index (Phi) is 9.16. The van der Waals surface area contributed by atoms with Gasteiger partial charge in [0.15, 0.2) is 11.6 Å². The smallest absolute Gasteiger partial charge is 0.162 e. The van der Waals surface area contributed by atoms with Crippen molar-refractivity contribution in [3.05, 3.63) is 199 Å². The third-order valence-corrected chi connectivity index (χ3v) is 10.7. The average Bonchev–Trinajstić information content (AvgIpc) is 3.66. The van der Waals surface area contributed by atoms with Crippen molar-refractivity contribution in [2.75, 3.05) is 0 Å². The van der Waals surface area contributed by atoms with Crippen LogP contribution in [-0.4, -0.2) is 24.5 Å². The van der Waals surface area contributed by atoms with Crippen molar-refractivity contribution in [2.24, 2.45) is 0 Å². The highest BCUT2D eigenvalue weighted by Crippen LogP contribution is 2.43. The first-order chi connectivity index (χ1) is 30.1. The molecule has 8 nitrogen and oxygen atoms in total. The molecular weight excluding hydrogens is 749 g/mol. The van der Waals surface area contributed by atoms with Gasteiger partial charge in [-0.1, -0.05) is 133 Å². The van der Waals surface area contributed by atoms with Crippen molar-refractivity contribution in [3.63, 3.8) is 0 Å². The monoisotopic (exact) mass is 778 g/mol. The molecule has 0 fully saturated rings. The Morgan fingerprint density at radius 3 is 0.984 bits per heavy atom. The summed E-state index contributed by atoms with van der Waals surface area (Å²) in [6.45, 7) is 0. The predicted octanol–water partition coefficient (Wildman–Crippen LogP) is 12.0. The zero-order chi connectivity index (χ0) is 41.3. The maximum atomic E-state index is 10.8. The number of hydrogen-bond acceptors (Lipinski definition) is 7. The lowest BCUT2D eigenvalue weighted by atomic mass is 9.99. The highest BCUT2D eigenvalue weighted by atomic mass is 15.0. The molecule has 0 radical (unpaired) electrons. The van der Waals surface area contributed by atoms with Crippen LogP contribution in [0.1, 0.15) is 16.7 Å². The lowest BCUT2D eigenvalue weighted by Crippen LogP contribution is -2.07. The van der Waals surface area contributed by atoms with Crippen molar-refractivity contribution >= 4 is 21.8 Å². The molecule has 0 bridgehead atoms. The van der Waals surface area contributed by atoms with E-state index in [1.807, 2.05) is 162 Å². The highest BCUT2D eigenvalue weighted by molar-refractivity contribution is 6.11. The Hall–Kier alpha value is -9.03. The number of benzene rings is 7. The summed E-state index contributed by atoms with van der Waals surface area (Å²) in [7, 11) is 0. The first-order valence-electron chi connectivity index (χ1n) is 19.6. The molecule has 0 saturated heterocycles. The molecule has 0 saturated carbocycles. The van der Waals surface area contributed by atoms with E-state index < -0.39 is 0 Å². The third-order valence-electron chi connectivity index (χ3n) is 10.7. The maximum Gasteiger partial charge on any atom is 0.162 e. The van der Waals surface area contributed by atoms with Crippen molar-refractivity contribution in [1.82, 2.24) is 24.5 Å². The van der Waals surface area contributed by atoms with Crippen LogP contribution in [0, 0.1) is 34.0 Å². The van der Waals surface area contributed by atoms with Crippen molar-refractivity contribution in [2.45, 2.75) is 0 Å². The molecule has 7 aromatic carbocycles. The number of aromatic nitrogens is 5. The van der Waals surface area contributed by atoms with Crippen LogP contribution in [0.25, 0.3) is 95.3 Å². The van der Waals surface area contributed by atoms with Gasteiger partial charge in [0.2, 0.25) is 0 Å². The second kappa shape index (κ2) is 15.4. The van der Waals surface area contributed by atoms with Crippen molar-refractivity contribution < 1.29 is 0 Å². The third kappa shape index (κ3) is 6.71. The van der Waals surface area contributed by atoms with E-state index >= 15 is 0 Å². The topological polar surface area (TPSA) is 128 Å². The van der Waals surface area contributed by atoms with Crippen LogP contribution < -0.4 is 0 Å². The van der Waals surface area contributed by atoms with Gasteiger partial charge in [-0.3, -0.25) is 0 Å². The van der Waals surface area contributed by atoms with E-state index in [2.05, 4.69) is 18.2 Å². The Morgan fingerprint density at radius 2 is 0.672 bits per heavy atom. The van der Waals surface area contributed by atoms with E-state index in [-0.39, 0.29) is 0 Å². The van der Waals surface area contributed by atoms with E-state index in [4.69, 9.17) is 19.9 Å². The van der Waals surface area contributed by atoms with Crippen LogP contribution in [-0.2, 0) is 0 Å². The van der Waals surface area contributed by atoms with Gasteiger partial charge in [-0.15, -0.1) is 0 Å². The summed E-state index contributed by atoms with van der Waals surface area (Å²) in [5.74, 6) is 0.720. The molecule has 0 spiro atoms. The van der Waals surface area contributed by atoms with E-state index in [9.17, 15) is 15.8 Å². The Morgan fingerprint density at radius 1 is 0.344 bits per heavy atom.